The fourth-order valence-corrected chi connectivity index (χ4v) is 5.05. The van der Waals surface area contributed by atoms with Crippen LogP contribution in [0.15, 0.2) is 42.5 Å². The van der Waals surface area contributed by atoms with Crippen molar-refractivity contribution in [1.82, 2.24) is 10.2 Å². The molecule has 4 heteroatoms. The molecule has 3 aliphatic rings. The third-order valence-electron chi connectivity index (χ3n) is 7.24. The minimum absolute atomic E-state index is 0.0185. The van der Waals surface area contributed by atoms with E-state index < -0.39 is 0 Å². The maximum absolute atomic E-state index is 12.8. The third kappa shape index (κ3) is 5.72. The van der Waals surface area contributed by atoms with Crippen LogP contribution in [0, 0.1) is 5.92 Å². The van der Waals surface area contributed by atoms with E-state index in [9.17, 15) is 4.79 Å². The Morgan fingerprint density at radius 1 is 0.938 bits per heavy atom. The van der Waals surface area contributed by atoms with Gasteiger partial charge in [-0.2, -0.15) is 0 Å². The van der Waals surface area contributed by atoms with E-state index in [2.05, 4.69) is 28.4 Å². The highest BCUT2D eigenvalue weighted by Crippen LogP contribution is 2.29. The number of carbonyl (C=O) groups is 1. The Labute approximate surface area is 192 Å². The average Bonchev–Trinajstić information content (AvgIpc) is 3.66. The molecule has 0 aromatic heterocycles. The van der Waals surface area contributed by atoms with Crippen LogP contribution in [0.25, 0.3) is 0 Å². The molecule has 0 spiro atoms. The Balaban J connectivity index is 1.14. The van der Waals surface area contributed by atoms with E-state index in [4.69, 9.17) is 4.74 Å². The summed E-state index contributed by atoms with van der Waals surface area (Å²) in [6.07, 6.45) is 11.0. The number of aryl methyl sites for hydroxylation is 1. The zero-order valence-corrected chi connectivity index (χ0v) is 19.2. The van der Waals surface area contributed by atoms with Crippen molar-refractivity contribution >= 4 is 5.91 Å². The van der Waals surface area contributed by atoms with Gasteiger partial charge in [0.2, 0.25) is 0 Å². The van der Waals surface area contributed by atoms with Gasteiger partial charge in [0.15, 0.2) is 0 Å². The number of ether oxygens (including phenoxy) is 1. The Morgan fingerprint density at radius 3 is 2.47 bits per heavy atom. The van der Waals surface area contributed by atoms with Crippen molar-refractivity contribution in [2.45, 2.75) is 70.4 Å². The zero-order valence-electron chi connectivity index (χ0n) is 19.2. The second-order valence-corrected chi connectivity index (χ2v) is 9.99. The number of rotatable bonds is 7. The molecule has 4 nitrogen and oxygen atoms in total. The molecule has 2 aromatic carbocycles. The molecule has 1 amide bonds. The van der Waals surface area contributed by atoms with Crippen molar-refractivity contribution in [2.75, 3.05) is 19.7 Å². The molecule has 1 heterocycles. The molecule has 0 bridgehead atoms. The second kappa shape index (κ2) is 10.1. The van der Waals surface area contributed by atoms with Gasteiger partial charge in [-0.05, 0) is 105 Å². The first kappa shape index (κ1) is 21.5. The minimum Gasteiger partial charge on any atom is -0.493 e. The summed E-state index contributed by atoms with van der Waals surface area (Å²) in [5, 5.41) is 3.25. The fourth-order valence-electron chi connectivity index (χ4n) is 5.05. The van der Waals surface area contributed by atoms with Gasteiger partial charge >= 0.3 is 0 Å². The van der Waals surface area contributed by atoms with Crippen molar-refractivity contribution in [3.63, 3.8) is 0 Å². The molecule has 1 N–H and O–H groups in total. The molecule has 170 valence electrons. The lowest BCUT2D eigenvalue weighted by molar-refractivity contribution is 0.0933. The van der Waals surface area contributed by atoms with Gasteiger partial charge in [0.1, 0.15) is 5.75 Å². The molecule has 2 aromatic rings. The van der Waals surface area contributed by atoms with E-state index in [0.717, 1.165) is 44.1 Å². The van der Waals surface area contributed by atoms with E-state index in [1.54, 1.807) is 0 Å². The lowest BCUT2D eigenvalue weighted by Gasteiger charge is -2.27. The lowest BCUT2D eigenvalue weighted by Crippen LogP contribution is -2.38. The van der Waals surface area contributed by atoms with E-state index in [0.29, 0.717) is 5.56 Å². The Kier molecular flexibility index (Phi) is 6.77. The van der Waals surface area contributed by atoms with Crippen molar-refractivity contribution < 1.29 is 9.53 Å². The van der Waals surface area contributed by atoms with Gasteiger partial charge in [-0.25, -0.2) is 0 Å². The summed E-state index contributed by atoms with van der Waals surface area (Å²) < 4.78 is 5.78. The first-order chi connectivity index (χ1) is 15.7. The topological polar surface area (TPSA) is 41.6 Å². The summed E-state index contributed by atoms with van der Waals surface area (Å²) in [5.41, 5.74) is 5.02. The molecule has 1 saturated carbocycles. The van der Waals surface area contributed by atoms with E-state index in [1.807, 2.05) is 24.3 Å². The molecule has 5 rings (SSSR count). The van der Waals surface area contributed by atoms with Gasteiger partial charge in [-0.1, -0.05) is 31.0 Å². The monoisotopic (exact) mass is 432 g/mol. The number of hydrogen-bond donors (Lipinski definition) is 1. The molecular formula is C28H36N2O2. The molecule has 0 radical (unpaired) electrons. The summed E-state index contributed by atoms with van der Waals surface area (Å²) in [6, 6.07) is 14.8. The highest BCUT2D eigenvalue weighted by Gasteiger charge is 2.23. The number of carbonyl (C=O) groups excluding carboxylic acids is 1. The maximum atomic E-state index is 12.8. The molecule has 1 unspecified atom stereocenters. The van der Waals surface area contributed by atoms with E-state index in [-0.39, 0.29) is 11.9 Å². The molecule has 1 aliphatic heterocycles. The Hall–Kier alpha value is -2.33. The van der Waals surface area contributed by atoms with Crippen molar-refractivity contribution in [2.24, 2.45) is 5.92 Å². The standard InChI is InChI=1S/C28H36N2O2/c31-28(23-10-13-27(14-11-23)32-20-21-5-6-21)29-26-12-9-24-17-22(7-8-25(24)18-26)19-30-15-3-1-2-4-16-30/h7-8,10-11,13-14,17,21,26H,1-6,9,12,15-16,18-20H2,(H,29,31). The van der Waals surface area contributed by atoms with Gasteiger partial charge in [0.05, 0.1) is 6.61 Å². The summed E-state index contributed by atoms with van der Waals surface area (Å²) >= 11 is 0. The number of amides is 1. The highest BCUT2D eigenvalue weighted by molar-refractivity contribution is 5.94. The number of nitrogens with zero attached hydrogens (tertiary/aromatic N) is 1. The van der Waals surface area contributed by atoms with Crippen LogP contribution in [0.3, 0.4) is 0 Å². The van der Waals surface area contributed by atoms with E-state index in [1.165, 1.54) is 68.3 Å². The lowest BCUT2D eigenvalue weighted by atomic mass is 9.87. The molecule has 1 saturated heterocycles. The normalized spacial score (nSPS) is 21.4. The maximum Gasteiger partial charge on any atom is 0.251 e. The largest absolute Gasteiger partial charge is 0.493 e. The zero-order chi connectivity index (χ0) is 21.8. The number of nitrogens with one attached hydrogen (secondary N) is 1. The molecule has 2 aliphatic carbocycles. The Bertz CT molecular complexity index is 912. The number of hydrogen-bond acceptors (Lipinski definition) is 3. The predicted octanol–water partition coefficient (Wildman–Crippen LogP) is 5.14. The van der Waals surface area contributed by atoms with Gasteiger partial charge in [-0.15, -0.1) is 0 Å². The van der Waals surface area contributed by atoms with Crippen LogP contribution < -0.4 is 10.1 Å². The SMILES string of the molecule is O=C(NC1CCc2cc(CN3CCCCCC3)ccc2C1)c1ccc(OCC2CC2)cc1. The van der Waals surface area contributed by atoms with Crippen LogP contribution in [-0.2, 0) is 19.4 Å². The summed E-state index contributed by atoms with van der Waals surface area (Å²) in [4.78, 5) is 15.4. The smallest absolute Gasteiger partial charge is 0.251 e. The van der Waals surface area contributed by atoms with Crippen molar-refractivity contribution in [3.8, 4) is 5.75 Å². The van der Waals surface area contributed by atoms with Crippen molar-refractivity contribution in [3.05, 3.63) is 64.7 Å². The van der Waals surface area contributed by atoms with Gasteiger partial charge in [0, 0.05) is 18.2 Å². The number of likely N-dealkylation sites (tertiary alicyclic amines) is 1. The van der Waals surface area contributed by atoms with Crippen molar-refractivity contribution in [1.29, 1.82) is 0 Å². The average molecular weight is 433 g/mol. The second-order valence-electron chi connectivity index (χ2n) is 9.99. The molecule has 2 fully saturated rings. The summed E-state index contributed by atoms with van der Waals surface area (Å²) in [6.45, 7) is 4.35. The highest BCUT2D eigenvalue weighted by atomic mass is 16.5. The predicted molar refractivity (Wildman–Crippen MR) is 128 cm³/mol. The first-order valence-electron chi connectivity index (χ1n) is 12.6. The number of benzene rings is 2. The van der Waals surface area contributed by atoms with Gasteiger partial charge in [0.25, 0.3) is 5.91 Å². The number of fused-ring (bicyclic) bond motifs is 1. The quantitative estimate of drug-likeness (QED) is 0.659. The molecule has 1 atom stereocenters. The third-order valence-corrected chi connectivity index (χ3v) is 7.24. The van der Waals surface area contributed by atoms with Gasteiger partial charge in [-0.3, -0.25) is 9.69 Å². The fraction of sp³-hybridized carbons (Fsp3) is 0.536. The van der Waals surface area contributed by atoms with Crippen LogP contribution in [-0.4, -0.2) is 36.5 Å². The first-order valence-corrected chi connectivity index (χ1v) is 12.6. The summed E-state index contributed by atoms with van der Waals surface area (Å²) in [7, 11) is 0. The van der Waals surface area contributed by atoms with Crippen LogP contribution in [0.2, 0.25) is 0 Å². The van der Waals surface area contributed by atoms with Crippen LogP contribution in [0.4, 0.5) is 0 Å². The van der Waals surface area contributed by atoms with E-state index >= 15 is 0 Å². The Morgan fingerprint density at radius 2 is 1.72 bits per heavy atom. The molecule has 32 heavy (non-hydrogen) atoms. The van der Waals surface area contributed by atoms with Crippen LogP contribution in [0.5, 0.6) is 5.75 Å². The van der Waals surface area contributed by atoms with Crippen LogP contribution >= 0.6 is 0 Å². The van der Waals surface area contributed by atoms with Crippen LogP contribution in [0.1, 0.15) is 72.0 Å². The summed E-state index contributed by atoms with van der Waals surface area (Å²) in [5.74, 6) is 1.61. The van der Waals surface area contributed by atoms with Gasteiger partial charge < -0.3 is 10.1 Å². The minimum atomic E-state index is 0.0185. The molecular weight excluding hydrogens is 396 g/mol.